The van der Waals surface area contributed by atoms with Crippen molar-refractivity contribution in [2.75, 3.05) is 13.1 Å². The molecule has 0 bridgehead atoms. The van der Waals surface area contributed by atoms with Gasteiger partial charge in [0.2, 0.25) is 0 Å². The highest BCUT2D eigenvalue weighted by Crippen LogP contribution is 2.36. The van der Waals surface area contributed by atoms with E-state index >= 15 is 0 Å². The van der Waals surface area contributed by atoms with Crippen LogP contribution in [0.1, 0.15) is 106 Å². The van der Waals surface area contributed by atoms with Gasteiger partial charge in [-0.3, -0.25) is 0 Å². The molecule has 0 amide bonds. The van der Waals surface area contributed by atoms with Gasteiger partial charge in [-0.15, -0.1) is 0 Å². The van der Waals surface area contributed by atoms with Gasteiger partial charge in [-0.25, -0.2) is 0 Å². The van der Waals surface area contributed by atoms with E-state index in [-0.39, 0.29) is 0 Å². The lowest BCUT2D eigenvalue weighted by atomic mass is 9.77. The van der Waals surface area contributed by atoms with Crippen molar-refractivity contribution in [2.24, 2.45) is 17.8 Å². The maximum Gasteiger partial charge on any atom is 0.00696 e. The zero-order valence-corrected chi connectivity index (χ0v) is 19.5. The van der Waals surface area contributed by atoms with Gasteiger partial charge in [0.15, 0.2) is 0 Å². The largest absolute Gasteiger partial charge is 0.300 e. The summed E-state index contributed by atoms with van der Waals surface area (Å²) in [6.07, 6.45) is 20.9. The van der Waals surface area contributed by atoms with Crippen LogP contribution in [0.2, 0.25) is 0 Å². The Balaban J connectivity index is 2.43. The quantitative estimate of drug-likeness (QED) is 0.207. The van der Waals surface area contributed by atoms with E-state index in [9.17, 15) is 0 Å². The van der Waals surface area contributed by atoms with Crippen LogP contribution in [0.4, 0.5) is 0 Å². The molecule has 0 radical (unpaired) electrons. The molecule has 1 saturated carbocycles. The molecule has 0 heterocycles. The predicted molar refractivity (Wildman–Crippen MR) is 123 cm³/mol. The summed E-state index contributed by atoms with van der Waals surface area (Å²) in [6.45, 7) is 16.4. The zero-order valence-electron chi connectivity index (χ0n) is 19.5. The van der Waals surface area contributed by atoms with E-state index in [1.807, 2.05) is 0 Å². The van der Waals surface area contributed by atoms with Crippen molar-refractivity contribution < 1.29 is 0 Å². The van der Waals surface area contributed by atoms with Crippen LogP contribution in [0.25, 0.3) is 0 Å². The molecule has 1 rings (SSSR count). The Labute approximate surface area is 171 Å². The Morgan fingerprint density at radius 2 is 1.78 bits per heavy atom. The molecule has 0 aliphatic heterocycles. The Bertz CT molecular complexity index is 412. The second kappa shape index (κ2) is 14.4. The molecular weight excluding hydrogens is 326 g/mol. The maximum absolute atomic E-state index is 2.80. The second-order valence-electron chi connectivity index (χ2n) is 9.47. The van der Waals surface area contributed by atoms with Crippen LogP contribution in [0.15, 0.2) is 23.8 Å². The van der Waals surface area contributed by atoms with E-state index in [1.165, 1.54) is 77.3 Å². The highest BCUT2D eigenvalue weighted by Gasteiger charge is 2.22. The molecule has 2 unspecified atom stereocenters. The Kier molecular flexibility index (Phi) is 13.1. The summed E-state index contributed by atoms with van der Waals surface area (Å²) >= 11 is 0. The van der Waals surface area contributed by atoms with E-state index < -0.39 is 0 Å². The number of rotatable bonds is 15. The van der Waals surface area contributed by atoms with Gasteiger partial charge in [0.25, 0.3) is 0 Å². The summed E-state index contributed by atoms with van der Waals surface area (Å²) in [5, 5.41) is 0. The Hall–Kier alpha value is -0.560. The van der Waals surface area contributed by atoms with Crippen LogP contribution < -0.4 is 0 Å². The summed E-state index contributed by atoms with van der Waals surface area (Å²) in [4.78, 5) is 2.80. The Morgan fingerprint density at radius 1 is 1.04 bits per heavy atom. The van der Waals surface area contributed by atoms with Gasteiger partial charge in [0.05, 0.1) is 0 Å². The highest BCUT2D eigenvalue weighted by molar-refractivity contribution is 5.11. The van der Waals surface area contributed by atoms with Crippen molar-refractivity contribution >= 4 is 0 Å². The average molecular weight is 376 g/mol. The van der Waals surface area contributed by atoms with Crippen molar-refractivity contribution in [1.82, 2.24) is 4.90 Å². The lowest BCUT2D eigenvalue weighted by Gasteiger charge is -2.33. The average Bonchev–Trinajstić information content (AvgIpc) is 2.58. The SMILES string of the molecule is CC=CC(CCCCC1CC(=CC)C1)CN(CCCCC)C(C)CC(C)C. The van der Waals surface area contributed by atoms with Crippen LogP contribution in [0.5, 0.6) is 0 Å². The van der Waals surface area contributed by atoms with Crippen molar-refractivity contribution in [3.05, 3.63) is 23.8 Å². The molecule has 0 N–H and O–H groups in total. The van der Waals surface area contributed by atoms with Gasteiger partial charge in [0.1, 0.15) is 0 Å². The molecule has 1 aliphatic carbocycles. The van der Waals surface area contributed by atoms with Crippen molar-refractivity contribution in [1.29, 1.82) is 0 Å². The lowest BCUT2D eigenvalue weighted by molar-refractivity contribution is 0.162. The minimum Gasteiger partial charge on any atom is -0.300 e. The summed E-state index contributed by atoms with van der Waals surface area (Å²) in [5.41, 5.74) is 1.69. The minimum absolute atomic E-state index is 0.712. The molecule has 27 heavy (non-hydrogen) atoms. The number of hydrogen-bond donors (Lipinski definition) is 0. The molecule has 1 fully saturated rings. The number of nitrogens with zero attached hydrogens (tertiary/aromatic N) is 1. The summed E-state index contributed by atoms with van der Waals surface area (Å²) in [5.74, 6) is 2.52. The third-order valence-electron chi connectivity index (χ3n) is 6.37. The predicted octanol–water partition coefficient (Wildman–Crippen LogP) is 8.02. The van der Waals surface area contributed by atoms with E-state index in [4.69, 9.17) is 0 Å². The molecule has 0 aromatic heterocycles. The Morgan fingerprint density at radius 3 is 2.37 bits per heavy atom. The fourth-order valence-electron chi connectivity index (χ4n) is 4.67. The third kappa shape index (κ3) is 10.5. The van der Waals surface area contributed by atoms with Gasteiger partial charge < -0.3 is 4.90 Å². The molecule has 0 aromatic rings. The van der Waals surface area contributed by atoms with Gasteiger partial charge in [-0.2, -0.15) is 0 Å². The monoisotopic (exact) mass is 375 g/mol. The van der Waals surface area contributed by atoms with Gasteiger partial charge in [-0.1, -0.05) is 70.3 Å². The highest BCUT2D eigenvalue weighted by atomic mass is 15.1. The standard InChI is InChI=1S/C26H49N/c1-7-10-13-17-27(23(6)18-22(4)5)21-25(14-8-2)15-11-12-16-26-19-24(9-3)20-26/h8-9,14,22-23,25-26H,7,10-13,15-21H2,1-6H3. The molecule has 1 nitrogen and oxygen atoms in total. The van der Waals surface area contributed by atoms with Crippen LogP contribution in [0, 0.1) is 17.8 Å². The van der Waals surface area contributed by atoms with Crippen molar-refractivity contribution in [3.63, 3.8) is 0 Å². The van der Waals surface area contributed by atoms with Gasteiger partial charge >= 0.3 is 0 Å². The van der Waals surface area contributed by atoms with Gasteiger partial charge in [-0.05, 0) is 83.6 Å². The molecule has 1 aliphatic rings. The lowest BCUT2D eigenvalue weighted by Crippen LogP contribution is -2.38. The van der Waals surface area contributed by atoms with Crippen LogP contribution in [-0.4, -0.2) is 24.0 Å². The minimum atomic E-state index is 0.712. The molecule has 1 heteroatoms. The zero-order chi connectivity index (χ0) is 20.1. The molecule has 0 saturated heterocycles. The van der Waals surface area contributed by atoms with Crippen molar-refractivity contribution in [3.8, 4) is 0 Å². The summed E-state index contributed by atoms with van der Waals surface area (Å²) in [7, 11) is 0. The normalized spacial score (nSPS) is 19.7. The van der Waals surface area contributed by atoms with E-state index in [2.05, 4.69) is 64.7 Å². The molecule has 2 atom stereocenters. The molecule has 0 spiro atoms. The van der Waals surface area contributed by atoms with E-state index in [1.54, 1.807) is 5.57 Å². The smallest absolute Gasteiger partial charge is 0.00696 e. The fraction of sp³-hybridized carbons (Fsp3) is 0.846. The number of hydrogen-bond acceptors (Lipinski definition) is 1. The van der Waals surface area contributed by atoms with Crippen LogP contribution >= 0.6 is 0 Å². The molecule has 158 valence electrons. The first-order valence-electron chi connectivity index (χ1n) is 12.0. The summed E-state index contributed by atoms with van der Waals surface area (Å²) in [6, 6.07) is 0.712. The third-order valence-corrected chi connectivity index (χ3v) is 6.37. The summed E-state index contributed by atoms with van der Waals surface area (Å²) < 4.78 is 0. The topological polar surface area (TPSA) is 3.24 Å². The number of allylic oxidation sites excluding steroid dienone is 3. The van der Waals surface area contributed by atoms with E-state index in [0.717, 1.165) is 17.8 Å². The van der Waals surface area contributed by atoms with Crippen LogP contribution in [-0.2, 0) is 0 Å². The van der Waals surface area contributed by atoms with E-state index in [0.29, 0.717) is 6.04 Å². The first kappa shape index (κ1) is 24.5. The fourth-order valence-corrected chi connectivity index (χ4v) is 4.67. The maximum atomic E-state index is 2.80. The van der Waals surface area contributed by atoms with Crippen LogP contribution in [0.3, 0.4) is 0 Å². The molecular formula is C26H49N. The van der Waals surface area contributed by atoms with Gasteiger partial charge in [0, 0.05) is 12.6 Å². The van der Waals surface area contributed by atoms with Crippen molar-refractivity contribution in [2.45, 2.75) is 112 Å². The number of unbranched alkanes of at least 4 members (excludes halogenated alkanes) is 3. The first-order valence-corrected chi connectivity index (χ1v) is 12.0. The molecule has 0 aromatic carbocycles. The second-order valence-corrected chi connectivity index (χ2v) is 9.47. The first-order chi connectivity index (χ1) is 13.0.